The first kappa shape index (κ1) is 13.4. The van der Waals surface area contributed by atoms with E-state index in [0.717, 1.165) is 42.5 Å². The van der Waals surface area contributed by atoms with E-state index in [9.17, 15) is 4.39 Å². The number of rotatable bonds is 1. The van der Waals surface area contributed by atoms with Crippen LogP contribution in [0.5, 0.6) is 0 Å². The zero-order valence-corrected chi connectivity index (χ0v) is 11.1. The summed E-state index contributed by atoms with van der Waals surface area (Å²) in [7, 11) is 0. The molecular formula is C14H17ClFNO. The maximum absolute atomic E-state index is 13.6. The molecule has 2 heterocycles. The van der Waals surface area contributed by atoms with Crippen molar-refractivity contribution >= 4 is 23.4 Å². The third-order valence-corrected chi connectivity index (χ3v) is 3.76. The molecule has 0 saturated carbocycles. The quantitative estimate of drug-likeness (QED) is 0.855. The summed E-state index contributed by atoms with van der Waals surface area (Å²) in [5, 5.41) is 4.24. The van der Waals surface area contributed by atoms with Gasteiger partial charge in [0.05, 0.1) is 6.26 Å². The number of furan rings is 1. The monoisotopic (exact) mass is 269 g/mol. The van der Waals surface area contributed by atoms with Crippen LogP contribution in [0.3, 0.4) is 0 Å². The number of nitrogens with one attached hydrogen (secondary N) is 1. The molecule has 1 N–H and O–H groups in total. The fraction of sp³-hybridized carbons (Fsp3) is 0.429. The molecule has 3 rings (SSSR count). The number of piperidine rings is 1. The summed E-state index contributed by atoms with van der Waals surface area (Å²) in [4.78, 5) is 0. The minimum absolute atomic E-state index is 0. The molecular weight excluding hydrogens is 253 g/mol. The van der Waals surface area contributed by atoms with E-state index in [2.05, 4.69) is 12.2 Å². The van der Waals surface area contributed by atoms with Gasteiger partial charge in [-0.25, -0.2) is 4.39 Å². The first-order chi connectivity index (χ1) is 8.19. The van der Waals surface area contributed by atoms with Crippen molar-refractivity contribution in [3.8, 4) is 0 Å². The van der Waals surface area contributed by atoms with Crippen molar-refractivity contribution in [2.45, 2.75) is 25.2 Å². The summed E-state index contributed by atoms with van der Waals surface area (Å²) in [5.74, 6) is -0.180. The summed E-state index contributed by atoms with van der Waals surface area (Å²) < 4.78 is 19.2. The lowest BCUT2D eigenvalue weighted by Crippen LogP contribution is -2.41. The van der Waals surface area contributed by atoms with Crippen LogP contribution >= 0.6 is 12.4 Å². The molecule has 0 spiro atoms. The van der Waals surface area contributed by atoms with E-state index in [-0.39, 0.29) is 23.6 Å². The Balaban J connectivity index is 0.00000120. The van der Waals surface area contributed by atoms with Gasteiger partial charge < -0.3 is 9.73 Å². The van der Waals surface area contributed by atoms with E-state index < -0.39 is 0 Å². The van der Waals surface area contributed by atoms with Gasteiger partial charge in [-0.1, -0.05) is 6.92 Å². The van der Waals surface area contributed by atoms with E-state index in [1.54, 1.807) is 12.3 Å². The van der Waals surface area contributed by atoms with Gasteiger partial charge in [-0.3, -0.25) is 0 Å². The molecule has 1 aliphatic heterocycles. The van der Waals surface area contributed by atoms with Gasteiger partial charge in [0.1, 0.15) is 11.4 Å². The zero-order valence-electron chi connectivity index (χ0n) is 10.3. The normalized spacial score (nSPS) is 23.9. The summed E-state index contributed by atoms with van der Waals surface area (Å²) in [6.07, 6.45) is 3.82. The van der Waals surface area contributed by atoms with Crippen LogP contribution in [-0.2, 0) is 5.41 Å². The van der Waals surface area contributed by atoms with Crippen LogP contribution < -0.4 is 5.32 Å². The van der Waals surface area contributed by atoms with Gasteiger partial charge in [-0.15, -0.1) is 12.4 Å². The molecule has 1 atom stereocenters. The summed E-state index contributed by atoms with van der Waals surface area (Å²) in [6, 6.07) is 4.97. The summed E-state index contributed by atoms with van der Waals surface area (Å²) >= 11 is 0. The van der Waals surface area contributed by atoms with Crippen molar-refractivity contribution < 1.29 is 8.81 Å². The van der Waals surface area contributed by atoms with Gasteiger partial charge >= 0.3 is 0 Å². The molecule has 1 unspecified atom stereocenters. The van der Waals surface area contributed by atoms with Crippen LogP contribution in [0, 0.1) is 5.82 Å². The lowest BCUT2D eigenvalue weighted by molar-refractivity contribution is 0.337. The Labute approximate surface area is 112 Å². The van der Waals surface area contributed by atoms with Crippen molar-refractivity contribution in [1.82, 2.24) is 5.32 Å². The standard InChI is InChI=1S/C14H16FNO.ClH/c1-14(4-2-5-16-9-14)12-8-11(15)7-10-3-6-17-13(10)12;/h3,6-8,16H,2,4-5,9H2,1H3;1H. The Hall–Kier alpha value is -1.06. The number of benzene rings is 1. The molecule has 0 aliphatic carbocycles. The Morgan fingerprint density at radius 2 is 2.22 bits per heavy atom. The van der Waals surface area contributed by atoms with Crippen LogP contribution in [0.15, 0.2) is 28.9 Å². The van der Waals surface area contributed by atoms with Gasteiger partial charge in [0, 0.05) is 22.9 Å². The van der Waals surface area contributed by atoms with E-state index in [1.165, 1.54) is 6.07 Å². The molecule has 2 aromatic rings. The number of hydrogen-bond acceptors (Lipinski definition) is 2. The zero-order chi connectivity index (χ0) is 11.9. The maximum atomic E-state index is 13.6. The second-order valence-electron chi connectivity index (χ2n) is 5.13. The van der Waals surface area contributed by atoms with Gasteiger partial charge in [0.2, 0.25) is 0 Å². The van der Waals surface area contributed by atoms with Crippen molar-refractivity contribution in [3.63, 3.8) is 0 Å². The highest BCUT2D eigenvalue weighted by Crippen LogP contribution is 2.36. The van der Waals surface area contributed by atoms with Crippen LogP contribution in [0.1, 0.15) is 25.3 Å². The largest absolute Gasteiger partial charge is 0.464 e. The summed E-state index contributed by atoms with van der Waals surface area (Å²) in [6.45, 7) is 4.11. The third-order valence-electron chi connectivity index (χ3n) is 3.76. The van der Waals surface area contributed by atoms with Crippen molar-refractivity contribution in [3.05, 3.63) is 35.8 Å². The molecule has 98 valence electrons. The van der Waals surface area contributed by atoms with Crippen LogP contribution in [-0.4, -0.2) is 13.1 Å². The van der Waals surface area contributed by atoms with Crippen molar-refractivity contribution in [2.24, 2.45) is 0 Å². The van der Waals surface area contributed by atoms with Gasteiger partial charge in [0.15, 0.2) is 0 Å². The molecule has 1 aromatic heterocycles. The number of halogens is 2. The molecule has 1 aromatic carbocycles. The van der Waals surface area contributed by atoms with Gasteiger partial charge in [0.25, 0.3) is 0 Å². The SMILES string of the molecule is CC1(c2cc(F)cc3ccoc23)CCCNC1.Cl. The third kappa shape index (κ3) is 2.13. The highest BCUT2D eigenvalue weighted by Gasteiger charge is 2.31. The average molecular weight is 270 g/mol. The molecule has 1 fully saturated rings. The van der Waals surface area contributed by atoms with Crippen LogP contribution in [0.25, 0.3) is 11.0 Å². The molecule has 4 heteroatoms. The van der Waals surface area contributed by atoms with Gasteiger partial charge in [-0.2, -0.15) is 0 Å². The topological polar surface area (TPSA) is 25.2 Å². The first-order valence-electron chi connectivity index (χ1n) is 6.07. The average Bonchev–Trinajstić information content (AvgIpc) is 2.76. The molecule has 0 amide bonds. The molecule has 18 heavy (non-hydrogen) atoms. The predicted octanol–water partition coefficient (Wildman–Crippen LogP) is 3.63. The molecule has 0 radical (unpaired) electrons. The molecule has 2 nitrogen and oxygen atoms in total. The first-order valence-corrected chi connectivity index (χ1v) is 6.07. The van der Waals surface area contributed by atoms with E-state index in [4.69, 9.17) is 4.42 Å². The van der Waals surface area contributed by atoms with Crippen LogP contribution in [0.4, 0.5) is 4.39 Å². The molecule has 1 aliphatic rings. The maximum Gasteiger partial charge on any atom is 0.137 e. The predicted molar refractivity (Wildman–Crippen MR) is 72.9 cm³/mol. The van der Waals surface area contributed by atoms with E-state index >= 15 is 0 Å². The Morgan fingerprint density at radius 1 is 1.39 bits per heavy atom. The highest BCUT2D eigenvalue weighted by molar-refractivity contribution is 5.85. The smallest absolute Gasteiger partial charge is 0.137 e. The lowest BCUT2D eigenvalue weighted by Gasteiger charge is -2.34. The van der Waals surface area contributed by atoms with Crippen LogP contribution in [0.2, 0.25) is 0 Å². The minimum Gasteiger partial charge on any atom is -0.464 e. The van der Waals surface area contributed by atoms with Crippen molar-refractivity contribution in [2.75, 3.05) is 13.1 Å². The molecule has 0 bridgehead atoms. The Kier molecular flexibility index (Phi) is 3.64. The Morgan fingerprint density at radius 3 is 2.94 bits per heavy atom. The van der Waals surface area contributed by atoms with E-state index in [0.29, 0.717) is 0 Å². The lowest BCUT2D eigenvalue weighted by atomic mass is 9.76. The number of fused-ring (bicyclic) bond motifs is 1. The second-order valence-corrected chi connectivity index (χ2v) is 5.13. The van der Waals surface area contributed by atoms with Crippen molar-refractivity contribution in [1.29, 1.82) is 0 Å². The minimum atomic E-state index is -0.180. The Bertz CT molecular complexity index is 546. The highest BCUT2D eigenvalue weighted by atomic mass is 35.5. The number of hydrogen-bond donors (Lipinski definition) is 1. The fourth-order valence-corrected chi connectivity index (χ4v) is 2.78. The molecule has 1 saturated heterocycles. The van der Waals surface area contributed by atoms with Gasteiger partial charge in [-0.05, 0) is 37.6 Å². The van der Waals surface area contributed by atoms with E-state index in [1.807, 2.05) is 6.07 Å². The summed E-state index contributed by atoms with van der Waals surface area (Å²) in [5.41, 5.74) is 1.79. The fourth-order valence-electron chi connectivity index (χ4n) is 2.78. The second kappa shape index (κ2) is 4.90.